The highest BCUT2D eigenvalue weighted by Crippen LogP contribution is 2.27. The second-order valence-electron chi connectivity index (χ2n) is 5.27. The van der Waals surface area contributed by atoms with Crippen LogP contribution in [0.25, 0.3) is 11.0 Å². The average molecular weight is 377 g/mol. The summed E-state index contributed by atoms with van der Waals surface area (Å²) in [6.45, 7) is 1.59. The SMILES string of the molecule is Cc1nc2ccccc2nc1COC(=O)COc1ccc(Cl)cc1Cl. The summed E-state index contributed by atoms with van der Waals surface area (Å²) in [4.78, 5) is 20.8. The van der Waals surface area contributed by atoms with Crippen molar-refractivity contribution in [1.82, 2.24) is 9.97 Å². The largest absolute Gasteiger partial charge is 0.480 e. The maximum Gasteiger partial charge on any atom is 0.344 e. The number of ether oxygens (including phenoxy) is 2. The quantitative estimate of drug-likeness (QED) is 0.618. The standard InChI is InChI=1S/C18H14Cl2N2O3/c1-11-16(22-15-5-3-2-4-14(15)21-11)9-25-18(23)10-24-17-7-6-12(19)8-13(17)20/h2-8H,9-10H2,1H3. The van der Waals surface area contributed by atoms with Crippen LogP contribution in [-0.2, 0) is 16.1 Å². The van der Waals surface area contributed by atoms with Crippen LogP contribution < -0.4 is 4.74 Å². The Labute approximate surface area is 154 Å². The molecular weight excluding hydrogens is 363 g/mol. The summed E-state index contributed by atoms with van der Waals surface area (Å²) in [7, 11) is 0. The molecule has 0 saturated carbocycles. The normalized spacial score (nSPS) is 10.7. The number of hydrogen-bond donors (Lipinski definition) is 0. The Hall–Kier alpha value is -2.37. The number of nitrogens with zero attached hydrogens (tertiary/aromatic N) is 2. The molecular formula is C18H14Cl2N2O3. The van der Waals surface area contributed by atoms with Crippen molar-refractivity contribution in [3.05, 3.63) is 63.9 Å². The topological polar surface area (TPSA) is 61.3 Å². The van der Waals surface area contributed by atoms with E-state index in [1.807, 2.05) is 31.2 Å². The van der Waals surface area contributed by atoms with E-state index in [0.29, 0.717) is 27.2 Å². The molecule has 7 heteroatoms. The molecule has 1 heterocycles. The van der Waals surface area contributed by atoms with E-state index < -0.39 is 5.97 Å². The molecule has 25 heavy (non-hydrogen) atoms. The van der Waals surface area contributed by atoms with Crippen LogP contribution in [0.15, 0.2) is 42.5 Å². The number of aromatic nitrogens is 2. The van der Waals surface area contributed by atoms with E-state index in [2.05, 4.69) is 9.97 Å². The Morgan fingerprint density at radius 3 is 2.52 bits per heavy atom. The van der Waals surface area contributed by atoms with Crippen LogP contribution in [-0.4, -0.2) is 22.5 Å². The molecule has 0 amide bonds. The predicted molar refractivity (Wildman–Crippen MR) is 96.0 cm³/mol. The van der Waals surface area contributed by atoms with Gasteiger partial charge in [0.1, 0.15) is 12.4 Å². The monoisotopic (exact) mass is 376 g/mol. The van der Waals surface area contributed by atoms with Gasteiger partial charge in [0.05, 0.1) is 27.4 Å². The molecule has 5 nitrogen and oxygen atoms in total. The van der Waals surface area contributed by atoms with Crippen LogP contribution in [0.5, 0.6) is 5.75 Å². The summed E-state index contributed by atoms with van der Waals surface area (Å²) in [6, 6.07) is 12.3. The summed E-state index contributed by atoms with van der Waals surface area (Å²) in [6.07, 6.45) is 0. The molecule has 0 aliphatic carbocycles. The predicted octanol–water partition coefficient (Wildman–Crippen LogP) is 4.37. The lowest BCUT2D eigenvalue weighted by molar-refractivity contribution is -0.147. The zero-order valence-corrected chi connectivity index (χ0v) is 14.8. The average Bonchev–Trinajstić information content (AvgIpc) is 2.59. The number of aryl methyl sites for hydroxylation is 1. The summed E-state index contributed by atoms with van der Waals surface area (Å²) < 4.78 is 10.5. The van der Waals surface area contributed by atoms with Crippen LogP contribution in [0, 0.1) is 6.92 Å². The lowest BCUT2D eigenvalue weighted by Crippen LogP contribution is -2.16. The molecule has 0 fully saturated rings. The third-order valence-corrected chi connectivity index (χ3v) is 3.98. The maximum atomic E-state index is 11.9. The number of hydrogen-bond acceptors (Lipinski definition) is 5. The first-order valence-electron chi connectivity index (χ1n) is 7.48. The lowest BCUT2D eigenvalue weighted by Gasteiger charge is -2.10. The van der Waals surface area contributed by atoms with Gasteiger partial charge in [0.15, 0.2) is 6.61 Å². The second-order valence-corrected chi connectivity index (χ2v) is 6.11. The highest BCUT2D eigenvalue weighted by atomic mass is 35.5. The minimum absolute atomic E-state index is 0.0280. The molecule has 3 aromatic rings. The minimum atomic E-state index is -0.527. The summed E-state index contributed by atoms with van der Waals surface area (Å²) in [5.74, 6) is -0.162. The van der Waals surface area contributed by atoms with Crippen molar-refractivity contribution in [3.8, 4) is 5.75 Å². The van der Waals surface area contributed by atoms with E-state index in [-0.39, 0.29) is 13.2 Å². The zero-order valence-electron chi connectivity index (χ0n) is 13.3. The van der Waals surface area contributed by atoms with Crippen LogP contribution in [0.4, 0.5) is 0 Å². The number of esters is 1. The van der Waals surface area contributed by atoms with Gasteiger partial charge in [-0.25, -0.2) is 14.8 Å². The van der Waals surface area contributed by atoms with Gasteiger partial charge in [0, 0.05) is 5.02 Å². The fourth-order valence-electron chi connectivity index (χ4n) is 2.18. The number of carbonyl (C=O) groups is 1. The number of carbonyl (C=O) groups excluding carboxylic acids is 1. The highest BCUT2D eigenvalue weighted by molar-refractivity contribution is 6.35. The van der Waals surface area contributed by atoms with E-state index in [0.717, 1.165) is 11.0 Å². The van der Waals surface area contributed by atoms with Gasteiger partial charge in [-0.05, 0) is 37.3 Å². The van der Waals surface area contributed by atoms with Crippen molar-refractivity contribution in [2.24, 2.45) is 0 Å². The first kappa shape index (κ1) is 17.5. The molecule has 3 rings (SSSR count). The van der Waals surface area contributed by atoms with Crippen LogP contribution in [0.2, 0.25) is 10.0 Å². The van der Waals surface area contributed by atoms with E-state index in [1.54, 1.807) is 12.1 Å². The molecule has 0 N–H and O–H groups in total. The number of fused-ring (bicyclic) bond motifs is 1. The van der Waals surface area contributed by atoms with Crippen LogP contribution >= 0.6 is 23.2 Å². The Bertz CT molecular complexity index is 931. The Balaban J connectivity index is 1.59. The molecule has 1 aromatic heterocycles. The fourth-order valence-corrected chi connectivity index (χ4v) is 2.64. The number of rotatable bonds is 5. The molecule has 0 spiro atoms. The van der Waals surface area contributed by atoms with Crippen molar-refractivity contribution in [2.75, 3.05) is 6.61 Å². The second kappa shape index (κ2) is 7.68. The number of benzene rings is 2. The highest BCUT2D eigenvalue weighted by Gasteiger charge is 2.11. The summed E-state index contributed by atoms with van der Waals surface area (Å²) in [5, 5.41) is 0.821. The van der Waals surface area contributed by atoms with Gasteiger partial charge >= 0.3 is 5.97 Å². The summed E-state index contributed by atoms with van der Waals surface area (Å²) >= 11 is 11.8. The van der Waals surface area contributed by atoms with Gasteiger partial charge < -0.3 is 9.47 Å². The molecule has 0 unspecified atom stereocenters. The van der Waals surface area contributed by atoms with Crippen molar-refractivity contribution >= 4 is 40.2 Å². The molecule has 0 saturated heterocycles. The van der Waals surface area contributed by atoms with Crippen molar-refractivity contribution < 1.29 is 14.3 Å². The van der Waals surface area contributed by atoms with E-state index in [9.17, 15) is 4.79 Å². The van der Waals surface area contributed by atoms with Gasteiger partial charge in [-0.1, -0.05) is 35.3 Å². The smallest absolute Gasteiger partial charge is 0.344 e. The van der Waals surface area contributed by atoms with E-state index >= 15 is 0 Å². The molecule has 0 radical (unpaired) electrons. The van der Waals surface area contributed by atoms with Crippen LogP contribution in [0.1, 0.15) is 11.4 Å². The van der Waals surface area contributed by atoms with Gasteiger partial charge in [-0.2, -0.15) is 0 Å². The molecule has 2 aromatic carbocycles. The van der Waals surface area contributed by atoms with Crippen molar-refractivity contribution in [3.63, 3.8) is 0 Å². The van der Waals surface area contributed by atoms with Crippen molar-refractivity contribution in [1.29, 1.82) is 0 Å². The van der Waals surface area contributed by atoms with E-state index in [1.165, 1.54) is 6.07 Å². The van der Waals surface area contributed by atoms with Gasteiger partial charge in [0.25, 0.3) is 0 Å². The van der Waals surface area contributed by atoms with Gasteiger partial charge in [0.2, 0.25) is 0 Å². The molecule has 0 atom stereocenters. The molecule has 0 aliphatic heterocycles. The molecule has 0 bridgehead atoms. The molecule has 128 valence electrons. The zero-order chi connectivity index (χ0) is 17.8. The maximum absolute atomic E-state index is 11.9. The number of halogens is 2. The van der Waals surface area contributed by atoms with Crippen LogP contribution in [0.3, 0.4) is 0 Å². The first-order chi connectivity index (χ1) is 12.0. The Morgan fingerprint density at radius 2 is 1.80 bits per heavy atom. The lowest BCUT2D eigenvalue weighted by atomic mass is 10.2. The first-order valence-corrected chi connectivity index (χ1v) is 8.24. The minimum Gasteiger partial charge on any atom is -0.480 e. The van der Waals surface area contributed by atoms with Gasteiger partial charge in [-0.15, -0.1) is 0 Å². The van der Waals surface area contributed by atoms with Gasteiger partial charge in [-0.3, -0.25) is 0 Å². The van der Waals surface area contributed by atoms with E-state index in [4.69, 9.17) is 32.7 Å². The Kier molecular flexibility index (Phi) is 5.36. The van der Waals surface area contributed by atoms with Crippen molar-refractivity contribution in [2.45, 2.75) is 13.5 Å². The third kappa shape index (κ3) is 4.38. The Morgan fingerprint density at radius 1 is 1.08 bits per heavy atom. The molecule has 0 aliphatic rings. The number of para-hydroxylation sites is 2. The summed E-state index contributed by atoms with van der Waals surface area (Å²) in [5.41, 5.74) is 2.88. The third-order valence-electron chi connectivity index (χ3n) is 3.45. The fraction of sp³-hybridized carbons (Fsp3) is 0.167.